The highest BCUT2D eigenvalue weighted by atomic mass is 127. The van der Waals surface area contributed by atoms with Gasteiger partial charge in [0.15, 0.2) is 17.5 Å². The Hall–Kier alpha value is -1.18. The van der Waals surface area contributed by atoms with E-state index >= 15 is 0 Å². The maximum absolute atomic E-state index is 5.98. The van der Waals surface area contributed by atoms with Gasteiger partial charge >= 0.3 is 0 Å². The fourth-order valence-corrected chi connectivity index (χ4v) is 2.63. The van der Waals surface area contributed by atoms with E-state index in [1.165, 1.54) is 19.3 Å². The smallest absolute Gasteiger partial charge is 0.188 e. The number of aliphatic imine (C=N–C) groups is 1. The first-order valence-corrected chi connectivity index (χ1v) is 8.22. The van der Waals surface area contributed by atoms with Crippen LogP contribution in [0.1, 0.15) is 38.7 Å². The Labute approximate surface area is 162 Å². The zero-order chi connectivity index (χ0) is 16.9. The number of methoxy groups -OCH3 is 2. The molecule has 1 aromatic rings. The van der Waals surface area contributed by atoms with Gasteiger partial charge in [0, 0.05) is 12.0 Å². The first kappa shape index (κ1) is 20.9. The van der Waals surface area contributed by atoms with Crippen LogP contribution in [0, 0.1) is 5.92 Å². The topological polar surface area (TPSA) is 68.9 Å². The van der Waals surface area contributed by atoms with E-state index in [1.807, 2.05) is 12.1 Å². The van der Waals surface area contributed by atoms with E-state index in [1.54, 1.807) is 14.2 Å². The Morgan fingerprint density at radius 1 is 1.25 bits per heavy atom. The minimum atomic E-state index is -0.137. The van der Waals surface area contributed by atoms with Crippen LogP contribution in [0.3, 0.4) is 0 Å². The van der Waals surface area contributed by atoms with Crippen LogP contribution in [0.25, 0.3) is 0 Å². The highest BCUT2D eigenvalue weighted by Gasteiger charge is 2.22. The summed E-state index contributed by atoms with van der Waals surface area (Å²) < 4.78 is 10.7. The van der Waals surface area contributed by atoms with Gasteiger partial charge in [-0.15, -0.1) is 24.0 Å². The second kappa shape index (κ2) is 9.34. The van der Waals surface area contributed by atoms with Gasteiger partial charge in [-0.2, -0.15) is 0 Å². The Bertz CT molecular complexity index is 557. The molecule has 6 heteroatoms. The number of rotatable bonds is 7. The van der Waals surface area contributed by atoms with Gasteiger partial charge < -0.3 is 20.5 Å². The predicted octanol–water partition coefficient (Wildman–Crippen LogP) is 3.30. The average Bonchev–Trinajstić information content (AvgIpc) is 2.50. The fraction of sp³-hybridized carbons (Fsp3) is 0.611. The summed E-state index contributed by atoms with van der Waals surface area (Å²) in [4.78, 5) is 4.51. The Balaban J connectivity index is 0.00000288. The molecule has 0 amide bonds. The Kier molecular flexibility index (Phi) is 8.12. The third-order valence-corrected chi connectivity index (χ3v) is 4.61. The van der Waals surface area contributed by atoms with E-state index < -0.39 is 0 Å². The number of hydrogen-bond acceptors (Lipinski definition) is 3. The maximum Gasteiger partial charge on any atom is 0.188 e. The molecule has 24 heavy (non-hydrogen) atoms. The maximum atomic E-state index is 5.98. The van der Waals surface area contributed by atoms with Gasteiger partial charge in [0.25, 0.3) is 0 Å². The summed E-state index contributed by atoms with van der Waals surface area (Å²) in [6, 6.07) is 5.99. The van der Waals surface area contributed by atoms with Gasteiger partial charge in [0.2, 0.25) is 0 Å². The molecule has 2 rings (SSSR count). The van der Waals surface area contributed by atoms with Crippen LogP contribution in [-0.2, 0) is 5.41 Å². The number of ether oxygens (including phenoxy) is 2. The van der Waals surface area contributed by atoms with Gasteiger partial charge in [-0.3, -0.25) is 4.99 Å². The third kappa shape index (κ3) is 5.43. The second-order valence-electron chi connectivity index (χ2n) is 6.83. The van der Waals surface area contributed by atoms with Crippen molar-refractivity contribution in [2.24, 2.45) is 16.6 Å². The largest absolute Gasteiger partial charge is 0.493 e. The summed E-state index contributed by atoms with van der Waals surface area (Å²) in [5.41, 5.74) is 6.99. The van der Waals surface area contributed by atoms with Crippen molar-refractivity contribution in [1.29, 1.82) is 0 Å². The molecule has 0 atom stereocenters. The highest BCUT2D eigenvalue weighted by molar-refractivity contribution is 14.0. The molecule has 0 aromatic heterocycles. The van der Waals surface area contributed by atoms with Gasteiger partial charge in [0.1, 0.15) is 0 Å². The first-order valence-electron chi connectivity index (χ1n) is 8.22. The number of hydrogen-bond donors (Lipinski definition) is 2. The monoisotopic (exact) mass is 447 g/mol. The zero-order valence-corrected chi connectivity index (χ0v) is 17.4. The van der Waals surface area contributed by atoms with Gasteiger partial charge in [-0.1, -0.05) is 26.3 Å². The molecule has 0 bridgehead atoms. The predicted molar refractivity (Wildman–Crippen MR) is 110 cm³/mol. The summed E-state index contributed by atoms with van der Waals surface area (Å²) >= 11 is 0. The van der Waals surface area contributed by atoms with Crippen molar-refractivity contribution < 1.29 is 9.47 Å². The molecule has 0 spiro atoms. The second-order valence-corrected chi connectivity index (χ2v) is 6.83. The van der Waals surface area contributed by atoms with Crippen LogP contribution in [0.5, 0.6) is 11.5 Å². The number of halogens is 1. The summed E-state index contributed by atoms with van der Waals surface area (Å²) in [5.74, 6) is 2.77. The zero-order valence-electron chi connectivity index (χ0n) is 15.1. The van der Waals surface area contributed by atoms with E-state index in [0.717, 1.165) is 29.5 Å². The number of nitrogens with two attached hydrogens (primary N) is 1. The Morgan fingerprint density at radius 2 is 1.92 bits per heavy atom. The van der Waals surface area contributed by atoms with Crippen LogP contribution in [0.2, 0.25) is 0 Å². The van der Waals surface area contributed by atoms with Crippen LogP contribution in [0.15, 0.2) is 23.2 Å². The van der Waals surface area contributed by atoms with Gasteiger partial charge in [-0.05, 0) is 36.5 Å². The number of nitrogens with zero attached hydrogens (tertiary/aromatic N) is 1. The van der Waals surface area contributed by atoms with E-state index in [0.29, 0.717) is 12.5 Å². The molecular formula is C18H30IN3O2. The quantitative estimate of drug-likeness (QED) is 0.383. The van der Waals surface area contributed by atoms with Crippen LogP contribution >= 0.6 is 24.0 Å². The lowest BCUT2D eigenvalue weighted by Gasteiger charge is -2.26. The van der Waals surface area contributed by atoms with Crippen molar-refractivity contribution in [3.05, 3.63) is 23.8 Å². The first-order chi connectivity index (χ1) is 11.0. The molecule has 136 valence electrons. The molecule has 0 heterocycles. The normalized spacial score (nSPS) is 15.2. The van der Waals surface area contributed by atoms with Gasteiger partial charge in [0.05, 0.1) is 20.8 Å². The van der Waals surface area contributed by atoms with Crippen LogP contribution < -0.4 is 20.5 Å². The highest BCUT2D eigenvalue weighted by Crippen LogP contribution is 2.33. The molecule has 0 unspecified atom stereocenters. The minimum Gasteiger partial charge on any atom is -0.493 e. The molecule has 1 aromatic carbocycles. The van der Waals surface area contributed by atoms with Crippen molar-refractivity contribution >= 4 is 29.9 Å². The SMILES string of the molecule is COc1ccc(C(C)(C)CN=C(N)NCC2CCC2)cc1OC.I. The molecule has 5 nitrogen and oxygen atoms in total. The third-order valence-electron chi connectivity index (χ3n) is 4.61. The number of nitrogens with one attached hydrogen (secondary N) is 1. The molecule has 0 saturated heterocycles. The van der Waals surface area contributed by atoms with Crippen molar-refractivity contribution in [2.75, 3.05) is 27.3 Å². The molecule has 1 fully saturated rings. The van der Waals surface area contributed by atoms with E-state index in [2.05, 4.69) is 30.2 Å². The molecule has 1 aliphatic rings. The lowest BCUT2D eigenvalue weighted by atomic mass is 9.84. The fourth-order valence-electron chi connectivity index (χ4n) is 2.63. The number of guanidine groups is 1. The molecule has 1 aliphatic carbocycles. The van der Waals surface area contributed by atoms with Crippen molar-refractivity contribution in [2.45, 2.75) is 38.5 Å². The minimum absolute atomic E-state index is 0. The van der Waals surface area contributed by atoms with E-state index in [4.69, 9.17) is 15.2 Å². The summed E-state index contributed by atoms with van der Waals surface area (Å²) in [6.07, 6.45) is 3.95. The van der Waals surface area contributed by atoms with Crippen molar-refractivity contribution in [3.8, 4) is 11.5 Å². The standard InChI is InChI=1S/C18H29N3O2.HI/c1-18(2,12-21-17(19)20-11-13-6-5-7-13)14-8-9-15(22-3)16(10-14)23-4;/h8-10,13H,5-7,11-12H2,1-4H3,(H3,19,20,21);1H. The average molecular weight is 447 g/mol. The number of benzene rings is 1. The molecule has 3 N–H and O–H groups in total. The Morgan fingerprint density at radius 3 is 2.46 bits per heavy atom. The van der Waals surface area contributed by atoms with Gasteiger partial charge in [-0.25, -0.2) is 0 Å². The lowest BCUT2D eigenvalue weighted by molar-refractivity contribution is 0.315. The molecule has 0 radical (unpaired) electrons. The van der Waals surface area contributed by atoms with E-state index in [9.17, 15) is 0 Å². The summed E-state index contributed by atoms with van der Waals surface area (Å²) in [6.45, 7) is 5.85. The van der Waals surface area contributed by atoms with E-state index in [-0.39, 0.29) is 29.4 Å². The molecule has 1 saturated carbocycles. The van der Waals surface area contributed by atoms with Crippen molar-refractivity contribution in [3.63, 3.8) is 0 Å². The molecule has 0 aliphatic heterocycles. The van der Waals surface area contributed by atoms with Crippen LogP contribution in [0.4, 0.5) is 0 Å². The van der Waals surface area contributed by atoms with Crippen molar-refractivity contribution in [1.82, 2.24) is 5.32 Å². The summed E-state index contributed by atoms with van der Waals surface area (Å²) in [7, 11) is 3.29. The lowest BCUT2D eigenvalue weighted by Crippen LogP contribution is -2.38. The van der Waals surface area contributed by atoms with Crippen LogP contribution in [-0.4, -0.2) is 33.3 Å². The summed E-state index contributed by atoms with van der Waals surface area (Å²) in [5, 5.41) is 3.23. The molecular weight excluding hydrogens is 417 g/mol.